The summed E-state index contributed by atoms with van der Waals surface area (Å²) in [5, 5.41) is 12.5. The topological polar surface area (TPSA) is 84.9 Å². The van der Waals surface area contributed by atoms with Crippen molar-refractivity contribution in [2.45, 2.75) is 52.2 Å². The van der Waals surface area contributed by atoms with E-state index in [2.05, 4.69) is 5.32 Å². The Bertz CT molecular complexity index is 750. The molecule has 0 radical (unpaired) electrons. The molecule has 158 valence electrons. The van der Waals surface area contributed by atoms with Crippen LogP contribution in [0.5, 0.6) is 0 Å². The lowest BCUT2D eigenvalue weighted by Crippen LogP contribution is -2.43. The van der Waals surface area contributed by atoms with Gasteiger partial charge < -0.3 is 14.2 Å². The minimum atomic E-state index is -3.65. The molecule has 0 aliphatic heterocycles. The van der Waals surface area contributed by atoms with Crippen LogP contribution in [0.2, 0.25) is 0 Å². The third-order valence-electron chi connectivity index (χ3n) is 4.43. The molecule has 2 rings (SSSR count). The quantitative estimate of drug-likeness (QED) is 0.469. The average Bonchev–Trinajstić information content (AvgIpc) is 2.71. The van der Waals surface area contributed by atoms with E-state index >= 15 is 0 Å². The Balaban J connectivity index is 2.14. The summed E-state index contributed by atoms with van der Waals surface area (Å²) in [5.74, 6) is -1.59. The molecule has 6 nitrogen and oxygen atoms in total. The maximum absolute atomic E-state index is 13.6. The fourth-order valence-electron chi connectivity index (χ4n) is 2.83. The molecule has 2 atom stereocenters. The molecule has 2 aromatic rings. The lowest BCUT2D eigenvalue weighted by atomic mass is 10.0. The van der Waals surface area contributed by atoms with Crippen molar-refractivity contribution in [1.29, 1.82) is 0 Å². The first-order valence-corrected chi connectivity index (χ1v) is 11.4. The summed E-state index contributed by atoms with van der Waals surface area (Å²) < 4.78 is 25.1. The summed E-state index contributed by atoms with van der Waals surface area (Å²) in [6, 6.07) is 17.9. The molecular formula is C22H30NO5P. The molecule has 0 amide bonds. The van der Waals surface area contributed by atoms with Crippen molar-refractivity contribution in [2.24, 2.45) is 5.92 Å². The van der Waals surface area contributed by atoms with Crippen LogP contribution < -0.4 is 5.32 Å². The normalized spacial score (nSPS) is 13.9. The molecular weight excluding hydrogens is 389 g/mol. The van der Waals surface area contributed by atoms with Crippen LogP contribution in [0.3, 0.4) is 0 Å². The molecule has 0 spiro atoms. The number of rotatable bonds is 12. The standard InChI is InChI=1S/C22H30NO5P/c1-17(2)14-21(22(24)25)23-18(3)29(26,27-15-19-10-6-4-7-11-19)28-16-20-12-8-5-9-13-20/h4-13,17-18,21,23H,14-16H2,1-3H3,(H,24,25)/t18?,21-/m0/s1. The Labute approximate surface area is 172 Å². The van der Waals surface area contributed by atoms with Gasteiger partial charge in [0.25, 0.3) is 0 Å². The third-order valence-corrected chi connectivity index (χ3v) is 6.51. The number of carboxylic acid groups (broad SMARTS) is 1. The number of carbonyl (C=O) groups is 1. The Morgan fingerprint density at radius 2 is 1.38 bits per heavy atom. The van der Waals surface area contributed by atoms with Crippen LogP contribution in [-0.4, -0.2) is 22.9 Å². The number of hydrogen-bond donors (Lipinski definition) is 2. The number of benzene rings is 2. The Hall–Kier alpha value is -1.98. The third kappa shape index (κ3) is 7.75. The fourth-order valence-corrected chi connectivity index (χ4v) is 4.37. The van der Waals surface area contributed by atoms with Crippen molar-refractivity contribution in [2.75, 3.05) is 0 Å². The van der Waals surface area contributed by atoms with E-state index in [1.165, 1.54) is 0 Å². The first-order chi connectivity index (χ1) is 13.8. The second-order valence-corrected chi connectivity index (χ2v) is 9.79. The summed E-state index contributed by atoms with van der Waals surface area (Å²) in [6.45, 7) is 5.76. The molecule has 1 unspecified atom stereocenters. The molecule has 7 heteroatoms. The van der Waals surface area contributed by atoms with Crippen molar-refractivity contribution >= 4 is 13.6 Å². The van der Waals surface area contributed by atoms with Crippen LogP contribution in [0.4, 0.5) is 0 Å². The Kier molecular flexibility index (Phi) is 9.05. The highest BCUT2D eigenvalue weighted by Gasteiger charge is 2.36. The highest BCUT2D eigenvalue weighted by atomic mass is 31.2. The molecule has 0 saturated heterocycles. The molecule has 0 fully saturated rings. The Morgan fingerprint density at radius 1 is 0.931 bits per heavy atom. The summed E-state index contributed by atoms with van der Waals surface area (Å²) in [5.41, 5.74) is 1.72. The van der Waals surface area contributed by atoms with E-state index in [1.54, 1.807) is 6.92 Å². The van der Waals surface area contributed by atoms with Gasteiger partial charge in [0.05, 0.1) is 13.2 Å². The monoisotopic (exact) mass is 419 g/mol. The second-order valence-electron chi connectivity index (χ2n) is 7.42. The van der Waals surface area contributed by atoms with E-state index in [0.717, 1.165) is 11.1 Å². The van der Waals surface area contributed by atoms with E-state index in [9.17, 15) is 14.5 Å². The van der Waals surface area contributed by atoms with Gasteiger partial charge in [-0.1, -0.05) is 74.5 Å². The highest BCUT2D eigenvalue weighted by molar-refractivity contribution is 7.54. The van der Waals surface area contributed by atoms with Crippen molar-refractivity contribution in [3.63, 3.8) is 0 Å². The smallest absolute Gasteiger partial charge is 0.347 e. The molecule has 2 N–H and O–H groups in total. The van der Waals surface area contributed by atoms with Crippen LogP contribution >= 0.6 is 7.60 Å². The van der Waals surface area contributed by atoms with Gasteiger partial charge in [-0.25, -0.2) is 0 Å². The number of nitrogens with one attached hydrogen (secondary N) is 1. The predicted molar refractivity (Wildman–Crippen MR) is 114 cm³/mol. The molecule has 29 heavy (non-hydrogen) atoms. The van der Waals surface area contributed by atoms with E-state index in [1.807, 2.05) is 74.5 Å². The molecule has 0 saturated carbocycles. The largest absolute Gasteiger partial charge is 0.480 e. The van der Waals surface area contributed by atoms with Crippen molar-refractivity contribution in [3.05, 3.63) is 71.8 Å². The number of hydrogen-bond acceptors (Lipinski definition) is 5. The van der Waals surface area contributed by atoms with Gasteiger partial charge in [-0.15, -0.1) is 0 Å². The average molecular weight is 419 g/mol. The summed E-state index contributed by atoms with van der Waals surface area (Å²) in [7, 11) is -3.65. The van der Waals surface area contributed by atoms with Gasteiger partial charge >= 0.3 is 13.6 Å². The van der Waals surface area contributed by atoms with Gasteiger partial charge in [0.1, 0.15) is 11.8 Å². The van der Waals surface area contributed by atoms with Crippen LogP contribution in [0.15, 0.2) is 60.7 Å². The van der Waals surface area contributed by atoms with E-state index in [0.29, 0.717) is 6.42 Å². The zero-order valence-electron chi connectivity index (χ0n) is 17.2. The zero-order valence-corrected chi connectivity index (χ0v) is 18.0. The van der Waals surface area contributed by atoms with Crippen LogP contribution in [0, 0.1) is 5.92 Å². The Morgan fingerprint density at radius 3 is 1.76 bits per heavy atom. The first-order valence-electron chi connectivity index (χ1n) is 9.75. The van der Waals surface area contributed by atoms with Gasteiger partial charge in [0.2, 0.25) is 0 Å². The molecule has 0 bridgehead atoms. The molecule has 0 aromatic heterocycles. The van der Waals surface area contributed by atoms with Crippen LogP contribution in [0.1, 0.15) is 38.3 Å². The molecule has 0 aliphatic rings. The maximum Gasteiger partial charge on any atom is 0.347 e. The lowest BCUT2D eigenvalue weighted by Gasteiger charge is -2.28. The fraction of sp³-hybridized carbons (Fsp3) is 0.409. The number of carboxylic acids is 1. The second kappa shape index (κ2) is 11.3. The van der Waals surface area contributed by atoms with Crippen LogP contribution in [-0.2, 0) is 31.6 Å². The van der Waals surface area contributed by atoms with Gasteiger partial charge in [-0.05, 0) is 30.4 Å². The maximum atomic E-state index is 13.6. The summed E-state index contributed by atoms with van der Waals surface area (Å²) in [6.07, 6.45) is 0.414. The van der Waals surface area contributed by atoms with Crippen molar-refractivity contribution in [1.82, 2.24) is 5.32 Å². The van der Waals surface area contributed by atoms with Crippen molar-refractivity contribution < 1.29 is 23.5 Å². The molecule has 0 heterocycles. The molecule has 2 aromatic carbocycles. The molecule has 0 aliphatic carbocycles. The summed E-state index contributed by atoms with van der Waals surface area (Å²) in [4.78, 5) is 11.6. The van der Waals surface area contributed by atoms with Gasteiger partial charge in [-0.3, -0.25) is 14.7 Å². The lowest BCUT2D eigenvalue weighted by molar-refractivity contribution is -0.140. The van der Waals surface area contributed by atoms with Crippen LogP contribution in [0.25, 0.3) is 0 Å². The van der Waals surface area contributed by atoms with E-state index < -0.39 is 25.4 Å². The van der Waals surface area contributed by atoms with Crippen molar-refractivity contribution in [3.8, 4) is 0 Å². The minimum Gasteiger partial charge on any atom is -0.480 e. The SMILES string of the molecule is CC(C)C[C@H](NC(C)P(=O)(OCc1ccccc1)OCc1ccccc1)C(=O)O. The summed E-state index contributed by atoms with van der Waals surface area (Å²) >= 11 is 0. The predicted octanol–water partition coefficient (Wildman–Crippen LogP) is 5.05. The first kappa shape index (κ1) is 23.3. The van der Waals surface area contributed by atoms with E-state index in [-0.39, 0.29) is 19.1 Å². The zero-order chi connectivity index (χ0) is 21.3. The van der Waals surface area contributed by atoms with E-state index in [4.69, 9.17) is 9.05 Å². The van der Waals surface area contributed by atoms with Gasteiger partial charge in [0, 0.05) is 0 Å². The number of aliphatic carboxylic acids is 1. The van der Waals surface area contributed by atoms with Gasteiger partial charge in [-0.2, -0.15) is 0 Å². The minimum absolute atomic E-state index is 0.112. The highest BCUT2D eigenvalue weighted by Crippen LogP contribution is 2.53. The van der Waals surface area contributed by atoms with Gasteiger partial charge in [0.15, 0.2) is 0 Å².